The van der Waals surface area contributed by atoms with Gasteiger partial charge in [-0.3, -0.25) is 4.79 Å². The fraction of sp³-hybridized carbons (Fsp3) is 0.538. The fourth-order valence-electron chi connectivity index (χ4n) is 1.74. The molecule has 0 unspecified atom stereocenters. The zero-order chi connectivity index (χ0) is 14.3. The molecule has 0 saturated carbocycles. The van der Waals surface area contributed by atoms with E-state index in [0.717, 1.165) is 12.8 Å². The van der Waals surface area contributed by atoms with E-state index in [1.807, 2.05) is 6.92 Å². The van der Waals surface area contributed by atoms with Gasteiger partial charge in [0.25, 0.3) is 5.91 Å². The molecule has 19 heavy (non-hydrogen) atoms. The fourth-order valence-corrected chi connectivity index (χ4v) is 1.74. The first-order valence-corrected chi connectivity index (χ1v) is 6.38. The van der Waals surface area contributed by atoms with Gasteiger partial charge >= 0.3 is 0 Å². The van der Waals surface area contributed by atoms with Crippen LogP contribution in [0.1, 0.15) is 30.1 Å². The molecular weight excluding hydrogens is 249 g/mol. The van der Waals surface area contributed by atoms with Crippen LogP contribution in [0.25, 0.3) is 0 Å². The lowest BCUT2D eigenvalue weighted by molar-refractivity contribution is 0.0714. The maximum atomic E-state index is 14.0. The van der Waals surface area contributed by atoms with Crippen molar-refractivity contribution in [3.63, 3.8) is 0 Å². The summed E-state index contributed by atoms with van der Waals surface area (Å²) < 4.78 is 14.0. The summed E-state index contributed by atoms with van der Waals surface area (Å²) in [5.74, 6) is -1.03. The average molecular weight is 269 g/mol. The van der Waals surface area contributed by atoms with Gasteiger partial charge in [-0.2, -0.15) is 0 Å². The molecule has 0 aromatic carbocycles. The molecule has 1 amide bonds. The van der Waals surface area contributed by atoms with E-state index in [1.54, 1.807) is 7.05 Å². The molecule has 0 aliphatic heterocycles. The molecule has 0 atom stereocenters. The number of pyridine rings is 1. The number of aliphatic hydroxyl groups excluding tert-OH is 1. The Morgan fingerprint density at radius 2 is 2.26 bits per heavy atom. The summed E-state index contributed by atoms with van der Waals surface area (Å²) in [7, 11) is 1.54. The van der Waals surface area contributed by atoms with Crippen molar-refractivity contribution in [1.82, 2.24) is 9.88 Å². The van der Waals surface area contributed by atoms with Gasteiger partial charge in [0, 0.05) is 26.3 Å². The third kappa shape index (κ3) is 3.89. The third-order valence-electron chi connectivity index (χ3n) is 2.80. The number of carbonyl (C=O) groups excluding carboxylic acids is 1. The first-order chi connectivity index (χ1) is 9.15. The second kappa shape index (κ2) is 7.68. The van der Waals surface area contributed by atoms with Crippen LogP contribution in [0.2, 0.25) is 0 Å². The van der Waals surface area contributed by atoms with Crippen molar-refractivity contribution in [2.45, 2.75) is 19.8 Å². The lowest BCUT2D eigenvalue weighted by Crippen LogP contribution is -2.35. The SMILES string of the molecule is CCCCN(CCO)C(=O)c1ccnc(NC)c1F. The molecule has 0 aliphatic carbocycles. The van der Waals surface area contributed by atoms with Crippen molar-refractivity contribution in [1.29, 1.82) is 0 Å². The molecular formula is C13H20FN3O2. The zero-order valence-corrected chi connectivity index (χ0v) is 11.3. The van der Waals surface area contributed by atoms with Crippen molar-refractivity contribution in [2.75, 3.05) is 32.1 Å². The predicted molar refractivity (Wildman–Crippen MR) is 71.6 cm³/mol. The van der Waals surface area contributed by atoms with Gasteiger partial charge in [-0.1, -0.05) is 13.3 Å². The van der Waals surface area contributed by atoms with E-state index < -0.39 is 11.7 Å². The number of aliphatic hydroxyl groups is 1. The molecule has 0 fully saturated rings. The largest absolute Gasteiger partial charge is 0.395 e. The molecule has 106 valence electrons. The zero-order valence-electron chi connectivity index (χ0n) is 11.3. The summed E-state index contributed by atoms with van der Waals surface area (Å²) >= 11 is 0. The number of hydrogen-bond donors (Lipinski definition) is 2. The predicted octanol–water partition coefficient (Wildman–Crippen LogP) is 1.50. The Balaban J connectivity index is 2.95. The molecule has 2 N–H and O–H groups in total. The number of nitrogens with one attached hydrogen (secondary N) is 1. The second-order valence-electron chi connectivity index (χ2n) is 4.14. The topological polar surface area (TPSA) is 65.5 Å². The van der Waals surface area contributed by atoms with Gasteiger partial charge < -0.3 is 15.3 Å². The van der Waals surface area contributed by atoms with Crippen molar-refractivity contribution in [3.05, 3.63) is 23.6 Å². The Morgan fingerprint density at radius 1 is 1.53 bits per heavy atom. The van der Waals surface area contributed by atoms with E-state index >= 15 is 0 Å². The van der Waals surface area contributed by atoms with Crippen LogP contribution in [0.4, 0.5) is 10.2 Å². The van der Waals surface area contributed by atoms with Crippen LogP contribution in [-0.4, -0.2) is 47.6 Å². The number of amides is 1. The number of hydrogen-bond acceptors (Lipinski definition) is 4. The quantitative estimate of drug-likeness (QED) is 0.787. The lowest BCUT2D eigenvalue weighted by atomic mass is 10.2. The minimum atomic E-state index is -0.658. The van der Waals surface area contributed by atoms with E-state index in [-0.39, 0.29) is 24.5 Å². The van der Waals surface area contributed by atoms with E-state index in [2.05, 4.69) is 10.3 Å². The summed E-state index contributed by atoms with van der Waals surface area (Å²) in [5.41, 5.74) is -0.0242. The van der Waals surface area contributed by atoms with Crippen molar-refractivity contribution < 1.29 is 14.3 Å². The molecule has 1 aromatic heterocycles. The second-order valence-corrected chi connectivity index (χ2v) is 4.14. The molecule has 0 aliphatic rings. The van der Waals surface area contributed by atoms with Crippen molar-refractivity contribution in [2.24, 2.45) is 0 Å². The molecule has 0 radical (unpaired) electrons. The number of anilines is 1. The first-order valence-electron chi connectivity index (χ1n) is 6.38. The number of aromatic nitrogens is 1. The third-order valence-corrected chi connectivity index (χ3v) is 2.80. The highest BCUT2D eigenvalue weighted by atomic mass is 19.1. The minimum Gasteiger partial charge on any atom is -0.395 e. The average Bonchev–Trinajstić information content (AvgIpc) is 2.43. The molecule has 1 aromatic rings. The highest BCUT2D eigenvalue weighted by molar-refractivity contribution is 5.95. The van der Waals surface area contributed by atoms with Gasteiger partial charge in [-0.25, -0.2) is 9.37 Å². The maximum absolute atomic E-state index is 14.0. The van der Waals surface area contributed by atoms with Crippen LogP contribution in [0, 0.1) is 5.82 Å². The molecule has 5 nitrogen and oxygen atoms in total. The maximum Gasteiger partial charge on any atom is 0.257 e. The summed E-state index contributed by atoms with van der Waals surface area (Å²) in [6.07, 6.45) is 3.13. The standard InChI is InChI=1S/C13H20FN3O2/c1-3-4-7-17(8-9-18)13(19)10-5-6-16-12(15-2)11(10)14/h5-6,18H,3-4,7-9H2,1-2H3,(H,15,16). The van der Waals surface area contributed by atoms with E-state index in [4.69, 9.17) is 5.11 Å². The van der Waals surface area contributed by atoms with Crippen LogP contribution in [0.5, 0.6) is 0 Å². The van der Waals surface area contributed by atoms with Crippen molar-refractivity contribution >= 4 is 11.7 Å². The highest BCUT2D eigenvalue weighted by Gasteiger charge is 2.20. The summed E-state index contributed by atoms with van der Waals surface area (Å²) in [6.45, 7) is 2.58. The number of unbranched alkanes of at least 4 members (excludes halogenated alkanes) is 1. The molecule has 1 rings (SSSR count). The molecule has 0 bridgehead atoms. The van der Waals surface area contributed by atoms with E-state index in [1.165, 1.54) is 17.2 Å². The normalized spacial score (nSPS) is 10.3. The Labute approximate surface area is 112 Å². The first kappa shape index (κ1) is 15.4. The molecule has 0 saturated heterocycles. The molecule has 1 heterocycles. The van der Waals surface area contributed by atoms with Crippen LogP contribution in [-0.2, 0) is 0 Å². The highest BCUT2D eigenvalue weighted by Crippen LogP contribution is 2.16. The minimum absolute atomic E-state index is 0.0242. The van der Waals surface area contributed by atoms with Gasteiger partial charge in [0.05, 0.1) is 12.2 Å². The Morgan fingerprint density at radius 3 is 2.84 bits per heavy atom. The smallest absolute Gasteiger partial charge is 0.257 e. The summed E-state index contributed by atoms with van der Waals surface area (Å²) in [5, 5.41) is 11.6. The Kier molecular flexibility index (Phi) is 6.21. The number of carbonyl (C=O) groups is 1. The monoisotopic (exact) mass is 269 g/mol. The number of nitrogens with zero attached hydrogens (tertiary/aromatic N) is 2. The van der Waals surface area contributed by atoms with Crippen LogP contribution in [0.15, 0.2) is 12.3 Å². The van der Waals surface area contributed by atoms with Crippen LogP contribution < -0.4 is 5.32 Å². The van der Waals surface area contributed by atoms with Crippen LogP contribution in [0.3, 0.4) is 0 Å². The summed E-state index contributed by atoms with van der Waals surface area (Å²) in [4.78, 5) is 17.5. The van der Waals surface area contributed by atoms with Gasteiger partial charge in [0.15, 0.2) is 11.6 Å². The Bertz CT molecular complexity index is 426. The van der Waals surface area contributed by atoms with E-state index in [0.29, 0.717) is 6.54 Å². The van der Waals surface area contributed by atoms with Gasteiger partial charge in [0.1, 0.15) is 0 Å². The molecule has 6 heteroatoms. The van der Waals surface area contributed by atoms with Gasteiger partial charge in [0.2, 0.25) is 0 Å². The summed E-state index contributed by atoms with van der Waals surface area (Å²) in [6, 6.07) is 1.36. The molecule has 0 spiro atoms. The number of rotatable bonds is 7. The van der Waals surface area contributed by atoms with Gasteiger partial charge in [-0.15, -0.1) is 0 Å². The number of halogens is 1. The van der Waals surface area contributed by atoms with Crippen LogP contribution >= 0.6 is 0 Å². The lowest BCUT2D eigenvalue weighted by Gasteiger charge is -2.22. The van der Waals surface area contributed by atoms with Crippen molar-refractivity contribution in [3.8, 4) is 0 Å². The van der Waals surface area contributed by atoms with E-state index in [9.17, 15) is 9.18 Å². The van der Waals surface area contributed by atoms with Gasteiger partial charge in [-0.05, 0) is 12.5 Å². The Hall–Kier alpha value is -1.69.